The number of benzene rings is 1. The second kappa shape index (κ2) is 8.21. The van der Waals surface area contributed by atoms with Crippen molar-refractivity contribution in [2.24, 2.45) is 4.99 Å². The van der Waals surface area contributed by atoms with Crippen molar-refractivity contribution in [1.29, 1.82) is 0 Å². The fourth-order valence-corrected chi connectivity index (χ4v) is 4.23. The third kappa shape index (κ3) is 4.24. The predicted octanol–water partition coefficient (Wildman–Crippen LogP) is 3.78. The van der Waals surface area contributed by atoms with Crippen LogP contribution >= 0.6 is 11.3 Å². The number of hydrogen-bond acceptors (Lipinski definition) is 4. The lowest BCUT2D eigenvalue weighted by Crippen LogP contribution is -2.27. The maximum Gasteiger partial charge on any atom is 0.289 e. The standard InChI is InChI=1S/C22H23N3O3S/c1-15-5-7-17(8-6-15)20(26)23-22-25(16(2)14-29-22)13-18-9-10-19(28-18)21(27)24-11-3-4-12-24/h5-10,14H,3-4,11-13H2,1-2H3. The largest absolute Gasteiger partial charge is 0.454 e. The number of furan rings is 1. The smallest absolute Gasteiger partial charge is 0.289 e. The summed E-state index contributed by atoms with van der Waals surface area (Å²) in [6, 6.07) is 10.9. The van der Waals surface area contributed by atoms with Gasteiger partial charge in [-0.25, -0.2) is 0 Å². The number of thiazole rings is 1. The van der Waals surface area contributed by atoms with E-state index in [4.69, 9.17) is 4.42 Å². The molecule has 0 atom stereocenters. The molecule has 150 valence electrons. The van der Waals surface area contributed by atoms with Crippen LogP contribution in [0.25, 0.3) is 0 Å². The van der Waals surface area contributed by atoms with Gasteiger partial charge in [0.25, 0.3) is 11.8 Å². The summed E-state index contributed by atoms with van der Waals surface area (Å²) in [5.74, 6) is 0.702. The summed E-state index contributed by atoms with van der Waals surface area (Å²) in [6.07, 6.45) is 2.09. The summed E-state index contributed by atoms with van der Waals surface area (Å²) in [4.78, 5) is 31.8. The third-order valence-electron chi connectivity index (χ3n) is 5.07. The van der Waals surface area contributed by atoms with Crippen LogP contribution in [0.3, 0.4) is 0 Å². The Labute approximate surface area is 173 Å². The Morgan fingerprint density at radius 2 is 1.79 bits per heavy atom. The summed E-state index contributed by atoms with van der Waals surface area (Å²) in [5.41, 5.74) is 2.64. The van der Waals surface area contributed by atoms with Gasteiger partial charge in [-0.1, -0.05) is 17.7 Å². The number of carbonyl (C=O) groups excluding carboxylic acids is 2. The predicted molar refractivity (Wildman–Crippen MR) is 111 cm³/mol. The minimum Gasteiger partial charge on any atom is -0.454 e. The summed E-state index contributed by atoms with van der Waals surface area (Å²) in [7, 11) is 0. The van der Waals surface area contributed by atoms with Crippen LogP contribution in [-0.2, 0) is 6.54 Å². The van der Waals surface area contributed by atoms with Gasteiger partial charge in [0.1, 0.15) is 5.76 Å². The Hall–Kier alpha value is -2.93. The van der Waals surface area contributed by atoms with E-state index in [0.717, 1.165) is 37.2 Å². The second-order valence-electron chi connectivity index (χ2n) is 7.29. The van der Waals surface area contributed by atoms with Crippen LogP contribution in [-0.4, -0.2) is 34.4 Å². The molecule has 0 unspecified atom stereocenters. The van der Waals surface area contributed by atoms with Gasteiger partial charge in [0.15, 0.2) is 10.6 Å². The number of amides is 2. The van der Waals surface area contributed by atoms with E-state index in [1.54, 1.807) is 18.2 Å². The SMILES string of the molecule is Cc1ccc(C(=O)N=c2scc(C)n2Cc2ccc(C(=O)N3CCCC3)o2)cc1. The van der Waals surface area contributed by atoms with E-state index in [9.17, 15) is 9.59 Å². The number of carbonyl (C=O) groups is 2. The molecule has 1 saturated heterocycles. The third-order valence-corrected chi connectivity index (χ3v) is 6.05. The molecule has 0 radical (unpaired) electrons. The van der Waals surface area contributed by atoms with Gasteiger partial charge in [-0.2, -0.15) is 4.99 Å². The fraction of sp³-hybridized carbons (Fsp3) is 0.318. The summed E-state index contributed by atoms with van der Waals surface area (Å²) in [5, 5.41) is 1.96. The Bertz CT molecular complexity index is 1100. The van der Waals surface area contributed by atoms with E-state index < -0.39 is 0 Å². The van der Waals surface area contributed by atoms with Crippen LogP contribution in [0, 0.1) is 13.8 Å². The molecular weight excluding hydrogens is 386 g/mol. The average molecular weight is 410 g/mol. The van der Waals surface area contributed by atoms with Crippen molar-refractivity contribution in [3.05, 3.63) is 74.9 Å². The van der Waals surface area contributed by atoms with Crippen LogP contribution < -0.4 is 4.80 Å². The normalized spacial score (nSPS) is 14.6. The van der Waals surface area contributed by atoms with Crippen molar-refractivity contribution in [3.8, 4) is 0 Å². The molecule has 1 aliphatic rings. The molecule has 2 aromatic heterocycles. The van der Waals surface area contributed by atoms with Crippen molar-refractivity contribution < 1.29 is 14.0 Å². The van der Waals surface area contributed by atoms with Gasteiger partial charge in [0.05, 0.1) is 6.54 Å². The molecule has 3 heterocycles. The van der Waals surface area contributed by atoms with Crippen molar-refractivity contribution in [3.63, 3.8) is 0 Å². The van der Waals surface area contributed by atoms with Crippen LogP contribution in [0.15, 0.2) is 51.2 Å². The van der Waals surface area contributed by atoms with Gasteiger partial charge in [0, 0.05) is 29.7 Å². The zero-order chi connectivity index (χ0) is 20.4. The molecular formula is C22H23N3O3S. The topological polar surface area (TPSA) is 67.8 Å². The van der Waals surface area contributed by atoms with E-state index in [-0.39, 0.29) is 11.8 Å². The van der Waals surface area contributed by atoms with Crippen LogP contribution in [0.2, 0.25) is 0 Å². The highest BCUT2D eigenvalue weighted by molar-refractivity contribution is 7.07. The monoisotopic (exact) mass is 409 g/mol. The first kappa shape index (κ1) is 19.4. The maximum atomic E-state index is 12.5. The van der Waals surface area contributed by atoms with Crippen molar-refractivity contribution in [1.82, 2.24) is 9.47 Å². The van der Waals surface area contributed by atoms with Crippen LogP contribution in [0.1, 0.15) is 50.8 Å². The molecule has 0 aliphatic carbocycles. The molecule has 1 fully saturated rings. The lowest BCUT2D eigenvalue weighted by molar-refractivity contribution is 0.0759. The van der Waals surface area contributed by atoms with Gasteiger partial charge in [0.2, 0.25) is 0 Å². The zero-order valence-electron chi connectivity index (χ0n) is 16.6. The Morgan fingerprint density at radius 3 is 2.52 bits per heavy atom. The van der Waals surface area contributed by atoms with E-state index in [1.807, 2.05) is 46.9 Å². The van der Waals surface area contributed by atoms with Gasteiger partial charge >= 0.3 is 0 Å². The number of aromatic nitrogens is 1. The number of rotatable bonds is 4. The van der Waals surface area contributed by atoms with Crippen molar-refractivity contribution >= 4 is 23.2 Å². The Kier molecular flexibility index (Phi) is 5.49. The molecule has 3 aromatic rings. The van der Waals surface area contributed by atoms with Gasteiger partial charge in [-0.15, -0.1) is 11.3 Å². The molecule has 1 aromatic carbocycles. The molecule has 1 aliphatic heterocycles. The quantitative estimate of drug-likeness (QED) is 0.658. The molecule has 7 heteroatoms. The summed E-state index contributed by atoms with van der Waals surface area (Å²) >= 11 is 1.41. The second-order valence-corrected chi connectivity index (χ2v) is 8.13. The minimum atomic E-state index is -0.273. The van der Waals surface area contributed by atoms with Gasteiger partial charge in [-0.05, 0) is 51.0 Å². The zero-order valence-corrected chi connectivity index (χ0v) is 17.4. The Morgan fingerprint density at radius 1 is 1.07 bits per heavy atom. The first-order chi connectivity index (χ1) is 14.0. The molecule has 6 nitrogen and oxygen atoms in total. The molecule has 0 N–H and O–H groups in total. The number of hydrogen-bond donors (Lipinski definition) is 0. The summed E-state index contributed by atoms with van der Waals surface area (Å²) in [6.45, 7) is 5.94. The number of aryl methyl sites for hydroxylation is 2. The van der Waals surface area contributed by atoms with Gasteiger partial charge in [-0.3, -0.25) is 9.59 Å². The lowest BCUT2D eigenvalue weighted by Gasteiger charge is -2.12. The first-order valence-electron chi connectivity index (χ1n) is 9.70. The average Bonchev–Trinajstić information content (AvgIpc) is 3.46. The van der Waals surface area contributed by atoms with Crippen LogP contribution in [0.5, 0.6) is 0 Å². The van der Waals surface area contributed by atoms with Gasteiger partial charge < -0.3 is 13.9 Å². The molecule has 0 bridgehead atoms. The fourth-order valence-electron chi connectivity index (χ4n) is 3.35. The van der Waals surface area contributed by atoms with Crippen molar-refractivity contribution in [2.75, 3.05) is 13.1 Å². The molecule has 2 amide bonds. The highest BCUT2D eigenvalue weighted by Crippen LogP contribution is 2.16. The van der Waals surface area contributed by atoms with E-state index in [0.29, 0.717) is 28.4 Å². The highest BCUT2D eigenvalue weighted by atomic mass is 32.1. The summed E-state index contributed by atoms with van der Waals surface area (Å²) < 4.78 is 7.74. The van der Waals surface area contributed by atoms with Crippen LogP contribution in [0.4, 0.5) is 0 Å². The number of likely N-dealkylation sites (tertiary alicyclic amines) is 1. The lowest BCUT2D eigenvalue weighted by atomic mass is 10.1. The first-order valence-corrected chi connectivity index (χ1v) is 10.6. The molecule has 29 heavy (non-hydrogen) atoms. The maximum absolute atomic E-state index is 12.5. The molecule has 0 spiro atoms. The van der Waals surface area contributed by atoms with E-state index >= 15 is 0 Å². The molecule has 4 rings (SSSR count). The molecule has 0 saturated carbocycles. The highest BCUT2D eigenvalue weighted by Gasteiger charge is 2.22. The number of nitrogens with zero attached hydrogens (tertiary/aromatic N) is 3. The minimum absolute atomic E-state index is 0.0553. The Balaban J connectivity index is 1.56. The van der Waals surface area contributed by atoms with E-state index in [2.05, 4.69) is 4.99 Å². The van der Waals surface area contributed by atoms with E-state index in [1.165, 1.54) is 11.3 Å². The van der Waals surface area contributed by atoms with Crippen molar-refractivity contribution in [2.45, 2.75) is 33.2 Å².